The number of pyridine rings is 1. The number of aromatic nitrogens is 2. The van der Waals surface area contributed by atoms with Gasteiger partial charge in [-0.25, -0.2) is 4.79 Å². The van der Waals surface area contributed by atoms with Crippen molar-refractivity contribution in [3.8, 4) is 17.2 Å². The molecule has 0 radical (unpaired) electrons. The van der Waals surface area contributed by atoms with E-state index in [2.05, 4.69) is 4.98 Å². The van der Waals surface area contributed by atoms with Crippen molar-refractivity contribution in [2.45, 2.75) is 0 Å². The molecule has 2 aromatic carbocycles. The summed E-state index contributed by atoms with van der Waals surface area (Å²) in [7, 11) is 3.55. The number of aryl methyl sites for hydroxylation is 1. The van der Waals surface area contributed by atoms with E-state index in [-0.39, 0.29) is 17.3 Å². The van der Waals surface area contributed by atoms with Crippen molar-refractivity contribution in [3.05, 3.63) is 89.6 Å². The maximum absolute atomic E-state index is 12.9. The topological polar surface area (TPSA) is 79.7 Å². The number of methoxy groups -OCH3 is 1. The summed E-state index contributed by atoms with van der Waals surface area (Å²) in [5.74, 6) is 0.779. The van der Waals surface area contributed by atoms with Crippen molar-refractivity contribution < 1.29 is 23.8 Å². The Labute approximate surface area is 183 Å². The Balaban J connectivity index is 1.44. The van der Waals surface area contributed by atoms with Crippen LogP contribution in [0.25, 0.3) is 17.0 Å². The molecule has 1 aliphatic rings. The van der Waals surface area contributed by atoms with Gasteiger partial charge in [0, 0.05) is 48.2 Å². The molecule has 0 atom stereocenters. The Bertz CT molecular complexity index is 1400. The van der Waals surface area contributed by atoms with Gasteiger partial charge in [-0.3, -0.25) is 9.78 Å². The number of fused-ring (bicyclic) bond motifs is 2. The molecule has 0 aliphatic carbocycles. The van der Waals surface area contributed by atoms with Crippen molar-refractivity contribution in [2.24, 2.45) is 7.05 Å². The number of ketones is 1. The number of rotatable bonds is 4. The Morgan fingerprint density at radius 1 is 1.12 bits per heavy atom. The minimum absolute atomic E-state index is 0.200. The quantitative estimate of drug-likeness (QED) is 0.273. The van der Waals surface area contributed by atoms with Crippen molar-refractivity contribution in [2.75, 3.05) is 7.11 Å². The summed E-state index contributed by atoms with van der Waals surface area (Å²) in [5, 5.41) is 0.942. The molecule has 0 N–H and O–H groups in total. The zero-order valence-corrected chi connectivity index (χ0v) is 17.4. The molecule has 1 aliphatic heterocycles. The van der Waals surface area contributed by atoms with Crippen LogP contribution in [0.5, 0.6) is 17.2 Å². The molecule has 5 rings (SSSR count). The maximum Gasteiger partial charge on any atom is 0.345 e. The molecule has 2 aromatic heterocycles. The van der Waals surface area contributed by atoms with Crippen molar-refractivity contribution >= 4 is 28.7 Å². The number of benzene rings is 2. The van der Waals surface area contributed by atoms with Crippen molar-refractivity contribution in [3.63, 3.8) is 0 Å². The van der Waals surface area contributed by atoms with Crippen LogP contribution in [0.4, 0.5) is 0 Å². The lowest BCUT2D eigenvalue weighted by Crippen LogP contribution is -2.08. The van der Waals surface area contributed by atoms with E-state index in [1.54, 1.807) is 43.6 Å². The van der Waals surface area contributed by atoms with E-state index in [9.17, 15) is 9.59 Å². The van der Waals surface area contributed by atoms with Crippen LogP contribution in [0.1, 0.15) is 26.3 Å². The fourth-order valence-electron chi connectivity index (χ4n) is 3.67. The number of nitrogens with zero attached hydrogens (tertiary/aromatic N) is 2. The number of hydrogen-bond acceptors (Lipinski definition) is 6. The third kappa shape index (κ3) is 3.39. The molecule has 0 saturated carbocycles. The average Bonchev–Trinajstić information content (AvgIpc) is 3.29. The van der Waals surface area contributed by atoms with E-state index in [0.717, 1.165) is 22.2 Å². The SMILES string of the molecule is COc1ccc2c(c1)c(/C=C1\Oc3cc(OC(=O)c4cccnc4)ccc3C1=O)cn2C. The number of allylic oxidation sites excluding steroid dienone is 1. The summed E-state index contributed by atoms with van der Waals surface area (Å²) < 4.78 is 18.5. The molecule has 7 nitrogen and oxygen atoms in total. The number of hydrogen-bond donors (Lipinski definition) is 0. The van der Waals surface area contributed by atoms with Gasteiger partial charge in [0.15, 0.2) is 5.76 Å². The monoisotopic (exact) mass is 426 g/mol. The normalized spacial score (nSPS) is 13.8. The number of carbonyl (C=O) groups is 2. The number of esters is 1. The average molecular weight is 426 g/mol. The van der Waals surface area contributed by atoms with E-state index >= 15 is 0 Å². The second-order valence-corrected chi connectivity index (χ2v) is 7.31. The zero-order valence-electron chi connectivity index (χ0n) is 17.4. The summed E-state index contributed by atoms with van der Waals surface area (Å²) in [4.78, 5) is 29.1. The first kappa shape index (κ1) is 19.6. The second kappa shape index (κ2) is 7.70. The molecular formula is C25H18N2O5. The molecule has 158 valence electrons. The Hall–Kier alpha value is -4.39. The molecule has 0 unspecified atom stereocenters. The predicted molar refractivity (Wildman–Crippen MR) is 118 cm³/mol. The fourth-order valence-corrected chi connectivity index (χ4v) is 3.67. The molecule has 0 spiro atoms. The number of ether oxygens (including phenoxy) is 3. The molecule has 0 amide bonds. The molecular weight excluding hydrogens is 408 g/mol. The van der Waals surface area contributed by atoms with Crippen molar-refractivity contribution in [1.82, 2.24) is 9.55 Å². The van der Waals surface area contributed by atoms with E-state index in [1.165, 1.54) is 12.3 Å². The number of carbonyl (C=O) groups excluding carboxylic acids is 2. The van der Waals surface area contributed by atoms with Crippen molar-refractivity contribution in [1.29, 1.82) is 0 Å². The third-order valence-corrected chi connectivity index (χ3v) is 5.26. The van der Waals surface area contributed by atoms with E-state index in [4.69, 9.17) is 14.2 Å². The van der Waals surface area contributed by atoms with Crippen LogP contribution in [0.3, 0.4) is 0 Å². The van der Waals surface area contributed by atoms with Gasteiger partial charge in [0.25, 0.3) is 0 Å². The lowest BCUT2D eigenvalue weighted by molar-refractivity contribution is 0.0734. The molecule has 0 fully saturated rings. The summed E-state index contributed by atoms with van der Waals surface area (Å²) in [6, 6.07) is 13.7. The van der Waals surface area contributed by atoms with Crippen LogP contribution in [0, 0.1) is 0 Å². The lowest BCUT2D eigenvalue weighted by Gasteiger charge is -2.05. The smallest absolute Gasteiger partial charge is 0.345 e. The largest absolute Gasteiger partial charge is 0.497 e. The first-order valence-electron chi connectivity index (χ1n) is 9.87. The van der Waals surface area contributed by atoms with Crippen LogP contribution in [-0.4, -0.2) is 28.4 Å². The van der Waals surface area contributed by atoms with Gasteiger partial charge in [-0.15, -0.1) is 0 Å². The molecule has 3 heterocycles. The minimum atomic E-state index is -0.539. The molecule has 0 bridgehead atoms. The Morgan fingerprint density at radius 3 is 2.75 bits per heavy atom. The Kier molecular flexibility index (Phi) is 4.71. The standard InChI is InChI=1S/C25H18N2O5/c1-27-14-16(20-11-17(30-2)6-8-21(20)27)10-23-24(28)19-7-5-18(12-22(19)32-23)31-25(29)15-4-3-9-26-13-15/h3-14H,1-2H3/b23-10-. The predicted octanol–water partition coefficient (Wildman–Crippen LogP) is 4.42. The van der Waals surface area contributed by atoms with Gasteiger partial charge in [0.1, 0.15) is 17.2 Å². The van der Waals surface area contributed by atoms with Crippen LogP contribution in [0.2, 0.25) is 0 Å². The fraction of sp³-hybridized carbons (Fsp3) is 0.0800. The molecule has 32 heavy (non-hydrogen) atoms. The summed E-state index contributed by atoms with van der Waals surface area (Å²) >= 11 is 0. The summed E-state index contributed by atoms with van der Waals surface area (Å²) in [5.41, 5.74) is 2.58. The molecule has 0 saturated heterocycles. The van der Waals surface area contributed by atoms with Crippen LogP contribution in [-0.2, 0) is 7.05 Å². The van der Waals surface area contributed by atoms with Crippen LogP contribution >= 0.6 is 0 Å². The highest BCUT2D eigenvalue weighted by Gasteiger charge is 2.28. The highest BCUT2D eigenvalue weighted by molar-refractivity contribution is 6.15. The zero-order chi connectivity index (χ0) is 22.2. The van der Waals surface area contributed by atoms with Gasteiger partial charge in [0.2, 0.25) is 5.78 Å². The summed E-state index contributed by atoms with van der Waals surface area (Å²) in [6.07, 6.45) is 6.64. The molecule has 4 aromatic rings. The maximum atomic E-state index is 12.9. The number of Topliss-reactive ketones (excluding diaryl/α,β-unsaturated/α-hetero) is 1. The van der Waals surface area contributed by atoms with E-state index in [0.29, 0.717) is 16.9 Å². The first-order valence-corrected chi connectivity index (χ1v) is 9.87. The van der Waals surface area contributed by atoms with Gasteiger partial charge < -0.3 is 18.8 Å². The van der Waals surface area contributed by atoms with Crippen LogP contribution < -0.4 is 14.2 Å². The van der Waals surface area contributed by atoms with Gasteiger partial charge in [-0.2, -0.15) is 0 Å². The second-order valence-electron chi connectivity index (χ2n) is 7.31. The van der Waals surface area contributed by atoms with E-state index in [1.807, 2.05) is 36.0 Å². The first-order chi connectivity index (χ1) is 15.5. The third-order valence-electron chi connectivity index (χ3n) is 5.26. The van der Waals surface area contributed by atoms with Gasteiger partial charge in [0.05, 0.1) is 18.2 Å². The van der Waals surface area contributed by atoms with Gasteiger partial charge in [-0.1, -0.05) is 0 Å². The van der Waals surface area contributed by atoms with Crippen LogP contribution in [0.15, 0.2) is 72.9 Å². The van der Waals surface area contributed by atoms with Gasteiger partial charge in [-0.05, 0) is 48.5 Å². The highest BCUT2D eigenvalue weighted by Crippen LogP contribution is 2.36. The van der Waals surface area contributed by atoms with E-state index < -0.39 is 5.97 Å². The Morgan fingerprint density at radius 2 is 1.97 bits per heavy atom. The van der Waals surface area contributed by atoms with Gasteiger partial charge >= 0.3 is 5.97 Å². The summed E-state index contributed by atoms with van der Waals surface area (Å²) in [6.45, 7) is 0. The minimum Gasteiger partial charge on any atom is -0.497 e. The molecule has 7 heteroatoms. The lowest BCUT2D eigenvalue weighted by atomic mass is 10.1. The highest BCUT2D eigenvalue weighted by atomic mass is 16.5.